The van der Waals surface area contributed by atoms with Gasteiger partial charge in [-0.3, -0.25) is 13.7 Å². The van der Waals surface area contributed by atoms with E-state index in [0.717, 1.165) is 23.6 Å². The second-order valence-electron chi connectivity index (χ2n) is 11.0. The molecule has 19 nitrogen and oxygen atoms in total. The average Bonchev–Trinajstić information content (AvgIpc) is 3.06. The van der Waals surface area contributed by atoms with Gasteiger partial charge in [-0.15, -0.1) is 10.2 Å². The number of anilines is 4. The van der Waals surface area contributed by atoms with Gasteiger partial charge in [0.15, 0.2) is 15.6 Å². The van der Waals surface area contributed by atoms with Crippen molar-refractivity contribution in [1.29, 1.82) is 0 Å². The summed E-state index contributed by atoms with van der Waals surface area (Å²) in [6, 6.07) is 11.4. The van der Waals surface area contributed by atoms with Crippen LogP contribution in [0.2, 0.25) is 5.28 Å². The zero-order valence-corrected chi connectivity index (χ0v) is 31.5. The van der Waals surface area contributed by atoms with Crippen molar-refractivity contribution >= 4 is 97.2 Å². The molecule has 0 aliphatic rings. The zero-order valence-electron chi connectivity index (χ0n) is 27.5. The van der Waals surface area contributed by atoms with E-state index in [2.05, 4.69) is 37.1 Å². The van der Waals surface area contributed by atoms with Crippen LogP contribution < -0.4 is 10.2 Å². The fourth-order valence-electron chi connectivity index (χ4n) is 5.03. The van der Waals surface area contributed by atoms with Crippen LogP contribution in [0.3, 0.4) is 0 Å². The van der Waals surface area contributed by atoms with Gasteiger partial charge in [0.05, 0.1) is 15.5 Å². The van der Waals surface area contributed by atoms with Gasteiger partial charge in [-0.1, -0.05) is 18.7 Å². The van der Waals surface area contributed by atoms with Gasteiger partial charge in [0.2, 0.25) is 17.2 Å². The van der Waals surface area contributed by atoms with Crippen molar-refractivity contribution in [2.45, 2.75) is 33.4 Å². The van der Waals surface area contributed by atoms with E-state index in [9.17, 15) is 52.4 Å². The summed E-state index contributed by atoms with van der Waals surface area (Å²) in [5.41, 5.74) is -1.14. The summed E-state index contributed by atoms with van der Waals surface area (Å²) in [6.45, 7) is 6.68. The fraction of sp³-hybridized carbons (Fsp3) is 0.100. The highest BCUT2D eigenvalue weighted by Crippen LogP contribution is 2.46. The number of phenols is 1. The van der Waals surface area contributed by atoms with Gasteiger partial charge >= 0.3 is 0 Å². The zero-order chi connectivity index (χ0) is 40.0. The van der Waals surface area contributed by atoms with Gasteiger partial charge in [0.25, 0.3) is 30.4 Å². The molecule has 0 saturated carbocycles. The third kappa shape index (κ3) is 8.47. The van der Waals surface area contributed by atoms with Crippen LogP contribution in [0.15, 0.2) is 102 Å². The van der Waals surface area contributed by atoms with Crippen LogP contribution in [0.5, 0.6) is 5.75 Å². The third-order valence-electron chi connectivity index (χ3n) is 7.43. The lowest BCUT2D eigenvalue weighted by molar-refractivity contribution is 0.472. The van der Waals surface area contributed by atoms with E-state index >= 15 is 0 Å². The molecule has 0 saturated heterocycles. The SMILES string of the molecule is C=CS(=O)(=O)c1cccc(N(CC)c2nc(Cl)nc(Nc3cc(S(=O)(=O)O)cc4cc(S(=O)(=O)O)c(/N=N\c5cc(C)ccc5S(=O)(=O)O)c(O)c34)n2)c1. The van der Waals surface area contributed by atoms with E-state index in [-0.39, 0.29) is 17.4 Å². The van der Waals surface area contributed by atoms with Crippen molar-refractivity contribution in [3.63, 3.8) is 0 Å². The molecule has 0 amide bonds. The van der Waals surface area contributed by atoms with Crippen molar-refractivity contribution in [3.8, 4) is 5.75 Å². The van der Waals surface area contributed by atoms with Crippen molar-refractivity contribution < 1.29 is 52.4 Å². The number of halogens is 1. The summed E-state index contributed by atoms with van der Waals surface area (Å²) in [7, 11) is -19.1. The number of rotatable bonds is 12. The van der Waals surface area contributed by atoms with Crippen LogP contribution >= 0.6 is 11.6 Å². The summed E-state index contributed by atoms with van der Waals surface area (Å²) in [6.07, 6.45) is 0. The minimum Gasteiger partial charge on any atom is -0.505 e. The van der Waals surface area contributed by atoms with E-state index < -0.39 is 99.7 Å². The average molecular weight is 840 g/mol. The molecule has 0 fully saturated rings. The molecule has 0 atom stereocenters. The number of azo groups is 1. The minimum absolute atomic E-state index is 0.0928. The Balaban J connectivity index is 1.74. The lowest BCUT2D eigenvalue weighted by Gasteiger charge is -2.22. The number of aromatic nitrogens is 3. The molecular weight excluding hydrogens is 814 g/mol. The molecule has 4 aromatic carbocycles. The van der Waals surface area contributed by atoms with Crippen molar-refractivity contribution in [3.05, 3.63) is 83.5 Å². The van der Waals surface area contributed by atoms with E-state index in [0.29, 0.717) is 17.3 Å². The molecule has 0 spiro atoms. The lowest BCUT2D eigenvalue weighted by atomic mass is 10.1. The van der Waals surface area contributed by atoms with Gasteiger partial charge in [0.1, 0.15) is 21.2 Å². The topological polar surface area (TPSA) is 296 Å². The molecule has 0 aliphatic heterocycles. The highest BCUT2D eigenvalue weighted by atomic mass is 35.5. The van der Waals surface area contributed by atoms with Crippen LogP contribution in [-0.2, 0) is 40.2 Å². The van der Waals surface area contributed by atoms with Crippen molar-refractivity contribution in [1.82, 2.24) is 15.0 Å². The van der Waals surface area contributed by atoms with E-state index in [1.54, 1.807) is 13.0 Å². The van der Waals surface area contributed by atoms with Crippen molar-refractivity contribution in [2.24, 2.45) is 10.2 Å². The van der Waals surface area contributed by atoms with Crippen molar-refractivity contribution in [2.75, 3.05) is 16.8 Å². The maximum absolute atomic E-state index is 12.5. The molecule has 24 heteroatoms. The molecule has 54 heavy (non-hydrogen) atoms. The Morgan fingerprint density at radius 3 is 2.13 bits per heavy atom. The second-order valence-corrected chi connectivity index (χ2v) is 17.5. The number of nitrogens with zero attached hydrogens (tertiary/aromatic N) is 6. The van der Waals surface area contributed by atoms with Crippen LogP contribution in [0, 0.1) is 6.92 Å². The Hall–Kier alpha value is -5.14. The van der Waals surface area contributed by atoms with Gasteiger partial charge in [-0.2, -0.15) is 40.2 Å². The first-order valence-electron chi connectivity index (χ1n) is 14.8. The molecule has 5 N–H and O–H groups in total. The number of sulfone groups is 1. The maximum Gasteiger partial charge on any atom is 0.296 e. The Labute approximate surface area is 312 Å². The lowest BCUT2D eigenvalue weighted by Crippen LogP contribution is -2.20. The summed E-state index contributed by atoms with van der Waals surface area (Å²) in [5.74, 6) is -1.63. The number of hydrogen-bond acceptors (Lipinski definition) is 16. The molecule has 5 aromatic rings. The number of hydrogen-bond donors (Lipinski definition) is 5. The number of fused-ring (bicyclic) bond motifs is 1. The van der Waals surface area contributed by atoms with Crippen LogP contribution in [0.25, 0.3) is 10.8 Å². The summed E-state index contributed by atoms with van der Waals surface area (Å²) in [4.78, 5) is 11.0. The number of phenolic OH excluding ortho intramolecular Hbond substituents is 1. The summed E-state index contributed by atoms with van der Waals surface area (Å²) < 4.78 is 128. The predicted octanol–water partition coefficient (Wildman–Crippen LogP) is 5.67. The van der Waals surface area contributed by atoms with Gasteiger partial charge < -0.3 is 15.3 Å². The normalized spacial score (nSPS) is 12.6. The molecule has 0 bridgehead atoms. The van der Waals surface area contributed by atoms with Gasteiger partial charge in [-0.05, 0) is 84.9 Å². The Kier molecular flexibility index (Phi) is 10.8. The Morgan fingerprint density at radius 2 is 1.52 bits per heavy atom. The van der Waals surface area contributed by atoms with E-state index in [4.69, 9.17) is 11.6 Å². The molecule has 0 unspecified atom stereocenters. The highest BCUT2D eigenvalue weighted by molar-refractivity contribution is 7.94. The minimum atomic E-state index is -5.30. The Morgan fingerprint density at radius 1 is 0.833 bits per heavy atom. The summed E-state index contributed by atoms with van der Waals surface area (Å²) in [5, 5.41) is 21.1. The first-order chi connectivity index (χ1) is 25.0. The van der Waals surface area contributed by atoms with E-state index in [1.807, 2.05) is 0 Å². The van der Waals surface area contributed by atoms with Gasteiger partial charge in [-0.25, -0.2) is 8.42 Å². The second kappa shape index (κ2) is 14.6. The molecule has 1 aromatic heterocycles. The predicted molar refractivity (Wildman–Crippen MR) is 195 cm³/mol. The quantitative estimate of drug-likeness (QED) is 0.0747. The summed E-state index contributed by atoms with van der Waals surface area (Å²) >= 11 is 6.23. The van der Waals surface area contributed by atoms with Crippen LogP contribution in [0.4, 0.5) is 34.6 Å². The van der Waals surface area contributed by atoms with Crippen LogP contribution in [-0.4, -0.2) is 73.9 Å². The standard InChI is InChI=1S/C30H26ClN7O12S4/c1-4-38(18-7-6-8-19(14-18)51(40,41)5-2)30-34-28(31)33-29(35-30)32-22-15-20(52(42,43)44)12-17-13-24(54(48,49)50)26(27(39)25(17)22)37-36-21-11-16(3)9-10-23(21)53(45,46)47/h5-15,39H,2,4H2,1,3H3,(H,42,43,44)(H,45,46,47)(H,48,49,50)(H,32,33,34,35)/b37-36-. The van der Waals surface area contributed by atoms with Crippen LogP contribution in [0.1, 0.15) is 12.5 Å². The fourth-order valence-corrected chi connectivity index (χ4v) is 7.73. The Bertz CT molecular complexity index is 2860. The highest BCUT2D eigenvalue weighted by Gasteiger charge is 2.27. The van der Waals surface area contributed by atoms with Gasteiger partial charge in [0, 0.05) is 23.0 Å². The molecule has 0 radical (unpaired) electrons. The molecular formula is C30H26ClN7O12S4. The smallest absolute Gasteiger partial charge is 0.296 e. The molecule has 284 valence electrons. The first-order valence-corrected chi connectivity index (χ1v) is 21.0. The largest absolute Gasteiger partial charge is 0.505 e. The number of aromatic hydroxyl groups is 1. The maximum atomic E-state index is 12.5. The number of aryl methyl sites for hydroxylation is 1. The molecule has 5 rings (SSSR count). The third-order valence-corrected chi connectivity index (χ3v) is 11.5. The first kappa shape index (κ1) is 40.1. The number of nitrogens with one attached hydrogen (secondary N) is 1. The number of benzene rings is 4. The monoisotopic (exact) mass is 839 g/mol. The molecule has 0 aliphatic carbocycles. The van der Waals surface area contributed by atoms with E-state index in [1.165, 1.54) is 42.2 Å². The molecule has 1 heterocycles.